The van der Waals surface area contributed by atoms with Crippen molar-refractivity contribution < 1.29 is 8.42 Å². The van der Waals surface area contributed by atoms with Crippen LogP contribution in [0.5, 0.6) is 0 Å². The van der Waals surface area contributed by atoms with Crippen LogP contribution in [0.2, 0.25) is 20.1 Å². The summed E-state index contributed by atoms with van der Waals surface area (Å²) >= 11 is 26.2. The number of anilines is 1. The van der Waals surface area contributed by atoms with Gasteiger partial charge in [-0.3, -0.25) is 4.72 Å². The van der Waals surface area contributed by atoms with E-state index in [2.05, 4.69) is 14.9 Å². The SMILES string of the molecule is O=S(=O)(Nc1nnc(-c2sccc2Cl)s1)c1c(Cl)cc(Cl)cc1Cl. The lowest BCUT2D eigenvalue weighted by Crippen LogP contribution is -2.14. The second-order valence-electron chi connectivity index (χ2n) is 4.31. The van der Waals surface area contributed by atoms with Gasteiger partial charge in [-0.25, -0.2) is 8.42 Å². The van der Waals surface area contributed by atoms with Gasteiger partial charge in [-0.05, 0) is 23.6 Å². The molecule has 0 bridgehead atoms. The fourth-order valence-electron chi connectivity index (χ4n) is 1.75. The Balaban J connectivity index is 1.94. The van der Waals surface area contributed by atoms with Crippen LogP contribution in [0.25, 0.3) is 9.88 Å². The number of halogens is 4. The first-order valence-electron chi connectivity index (χ1n) is 6.02. The summed E-state index contributed by atoms with van der Waals surface area (Å²) in [6.45, 7) is 0. The molecule has 0 atom stereocenters. The van der Waals surface area contributed by atoms with Crippen molar-refractivity contribution in [1.29, 1.82) is 0 Å². The van der Waals surface area contributed by atoms with Crippen LogP contribution in [0.3, 0.4) is 0 Å². The zero-order valence-electron chi connectivity index (χ0n) is 11.3. The summed E-state index contributed by atoms with van der Waals surface area (Å²) in [5.74, 6) is 0. The Bertz CT molecular complexity index is 993. The van der Waals surface area contributed by atoms with Gasteiger partial charge >= 0.3 is 0 Å². The lowest BCUT2D eigenvalue weighted by Gasteiger charge is -2.09. The Morgan fingerprint density at radius 1 is 1.00 bits per heavy atom. The van der Waals surface area contributed by atoms with E-state index in [1.165, 1.54) is 23.5 Å². The Hall–Kier alpha value is -0.610. The number of nitrogens with zero attached hydrogens (tertiary/aromatic N) is 2. The molecule has 3 aromatic rings. The summed E-state index contributed by atoms with van der Waals surface area (Å²) in [6.07, 6.45) is 0. The Labute approximate surface area is 165 Å². The van der Waals surface area contributed by atoms with Gasteiger partial charge in [0.2, 0.25) is 5.13 Å². The average molecular weight is 461 g/mol. The molecule has 126 valence electrons. The molecule has 5 nitrogen and oxygen atoms in total. The van der Waals surface area contributed by atoms with Gasteiger partial charge in [-0.1, -0.05) is 57.7 Å². The average Bonchev–Trinajstić information content (AvgIpc) is 3.05. The molecular weight excluding hydrogens is 456 g/mol. The quantitative estimate of drug-likeness (QED) is 0.543. The molecule has 2 aromatic heterocycles. The van der Waals surface area contributed by atoms with Gasteiger partial charge in [-0.2, -0.15) is 0 Å². The molecule has 0 aliphatic rings. The van der Waals surface area contributed by atoms with E-state index < -0.39 is 10.0 Å². The van der Waals surface area contributed by atoms with Gasteiger partial charge in [0, 0.05) is 5.02 Å². The number of hydrogen-bond acceptors (Lipinski definition) is 6. The standard InChI is InChI=1S/C12H5Cl4N3O2S3/c13-5-3-7(15)10(8(16)4-5)24(20,21)19-12-18-17-11(23-12)9-6(14)1-2-22-9/h1-4H,(H,18,19). The molecule has 0 saturated heterocycles. The topological polar surface area (TPSA) is 72.0 Å². The first-order chi connectivity index (χ1) is 11.3. The van der Waals surface area contributed by atoms with Gasteiger partial charge < -0.3 is 0 Å². The zero-order valence-corrected chi connectivity index (χ0v) is 16.7. The van der Waals surface area contributed by atoms with Crippen molar-refractivity contribution in [2.75, 3.05) is 4.72 Å². The maximum atomic E-state index is 12.5. The van der Waals surface area contributed by atoms with Crippen molar-refractivity contribution in [1.82, 2.24) is 10.2 Å². The second-order valence-corrected chi connectivity index (χ2v) is 9.49. The largest absolute Gasteiger partial charge is 0.266 e. The third-order valence-electron chi connectivity index (χ3n) is 2.69. The van der Waals surface area contributed by atoms with Crippen LogP contribution in [-0.2, 0) is 10.0 Å². The van der Waals surface area contributed by atoms with Crippen LogP contribution in [-0.4, -0.2) is 18.6 Å². The van der Waals surface area contributed by atoms with E-state index in [0.29, 0.717) is 14.9 Å². The fourth-order valence-corrected chi connectivity index (χ4v) is 6.58. The fraction of sp³-hybridized carbons (Fsp3) is 0. The smallest absolute Gasteiger partial charge is 0.253 e. The highest BCUT2D eigenvalue weighted by molar-refractivity contribution is 7.93. The van der Waals surface area contributed by atoms with E-state index >= 15 is 0 Å². The van der Waals surface area contributed by atoms with Gasteiger partial charge in [0.1, 0.15) is 4.90 Å². The third-order valence-corrected chi connectivity index (χ3v) is 7.63. The molecule has 24 heavy (non-hydrogen) atoms. The van der Waals surface area contributed by atoms with Crippen LogP contribution < -0.4 is 4.72 Å². The predicted octanol–water partition coefficient (Wildman–Crippen LogP) is 5.68. The molecule has 12 heteroatoms. The summed E-state index contributed by atoms with van der Waals surface area (Å²) in [7, 11) is -4.05. The number of sulfonamides is 1. The minimum absolute atomic E-state index is 0.0663. The van der Waals surface area contributed by atoms with E-state index in [9.17, 15) is 8.42 Å². The van der Waals surface area contributed by atoms with Gasteiger partial charge in [0.25, 0.3) is 10.0 Å². The van der Waals surface area contributed by atoms with E-state index in [4.69, 9.17) is 46.4 Å². The number of thiophene rings is 1. The van der Waals surface area contributed by atoms with Crippen molar-refractivity contribution in [3.8, 4) is 9.88 Å². The maximum absolute atomic E-state index is 12.5. The van der Waals surface area contributed by atoms with Gasteiger partial charge in [0.05, 0.1) is 19.9 Å². The predicted molar refractivity (Wildman–Crippen MR) is 101 cm³/mol. The zero-order chi connectivity index (χ0) is 17.5. The van der Waals surface area contributed by atoms with Crippen LogP contribution in [0.15, 0.2) is 28.5 Å². The molecule has 0 aliphatic carbocycles. The molecule has 0 unspecified atom stereocenters. The summed E-state index contributed by atoms with van der Waals surface area (Å²) in [5, 5.41) is 10.7. The molecule has 2 heterocycles. The van der Waals surface area contributed by atoms with Crippen LogP contribution in [0.1, 0.15) is 0 Å². The molecule has 1 N–H and O–H groups in total. The van der Waals surface area contributed by atoms with Crippen LogP contribution >= 0.6 is 69.1 Å². The molecule has 3 rings (SSSR count). The van der Waals surface area contributed by atoms with Gasteiger partial charge in [0.15, 0.2) is 5.01 Å². The van der Waals surface area contributed by atoms with Crippen molar-refractivity contribution in [2.45, 2.75) is 4.90 Å². The highest BCUT2D eigenvalue weighted by atomic mass is 35.5. The van der Waals surface area contributed by atoms with E-state index in [1.54, 1.807) is 11.4 Å². The van der Waals surface area contributed by atoms with Crippen LogP contribution in [0, 0.1) is 0 Å². The van der Waals surface area contributed by atoms with Crippen LogP contribution in [0.4, 0.5) is 5.13 Å². The Kier molecular flexibility index (Phi) is 5.27. The molecule has 0 spiro atoms. The van der Waals surface area contributed by atoms with Crippen molar-refractivity contribution >= 4 is 84.2 Å². The Morgan fingerprint density at radius 2 is 1.67 bits per heavy atom. The first-order valence-corrected chi connectivity index (χ1v) is 10.7. The maximum Gasteiger partial charge on any atom is 0.266 e. The van der Waals surface area contributed by atoms with Crippen molar-refractivity contribution in [3.05, 3.63) is 43.7 Å². The van der Waals surface area contributed by atoms with Gasteiger partial charge in [-0.15, -0.1) is 21.5 Å². The second kappa shape index (κ2) is 6.95. The molecule has 0 radical (unpaired) electrons. The monoisotopic (exact) mass is 459 g/mol. The summed E-state index contributed by atoms with van der Waals surface area (Å²) in [6, 6.07) is 4.31. The molecule has 1 aromatic carbocycles. The molecular formula is C12H5Cl4N3O2S3. The van der Waals surface area contributed by atoms with Crippen molar-refractivity contribution in [2.24, 2.45) is 0 Å². The molecule has 0 amide bonds. The summed E-state index contributed by atoms with van der Waals surface area (Å²) in [4.78, 5) is 0.434. The number of benzene rings is 1. The van der Waals surface area contributed by atoms with Crippen molar-refractivity contribution in [3.63, 3.8) is 0 Å². The normalized spacial score (nSPS) is 11.7. The number of aromatic nitrogens is 2. The minimum atomic E-state index is -4.05. The molecule has 0 fully saturated rings. The highest BCUT2D eigenvalue weighted by Gasteiger charge is 2.24. The molecule has 0 aliphatic heterocycles. The van der Waals surface area contributed by atoms with E-state index in [0.717, 1.165) is 11.3 Å². The first kappa shape index (κ1) is 18.2. The lowest BCUT2D eigenvalue weighted by molar-refractivity contribution is 0.601. The van der Waals surface area contributed by atoms with E-state index in [1.807, 2.05) is 0 Å². The summed E-state index contributed by atoms with van der Waals surface area (Å²) in [5.41, 5.74) is 0. The number of hydrogen-bond donors (Lipinski definition) is 1. The number of nitrogens with one attached hydrogen (secondary N) is 1. The number of rotatable bonds is 4. The third kappa shape index (κ3) is 3.65. The highest BCUT2D eigenvalue weighted by Crippen LogP contribution is 2.38. The summed E-state index contributed by atoms with van der Waals surface area (Å²) < 4.78 is 27.3. The molecule has 0 saturated carbocycles. The Morgan fingerprint density at radius 3 is 2.25 bits per heavy atom. The van der Waals surface area contributed by atoms with E-state index in [-0.39, 0.29) is 25.1 Å². The minimum Gasteiger partial charge on any atom is -0.253 e. The lowest BCUT2D eigenvalue weighted by atomic mass is 10.4.